The Hall–Kier alpha value is -2.58. The summed E-state index contributed by atoms with van der Waals surface area (Å²) in [5.41, 5.74) is 16.4. The summed E-state index contributed by atoms with van der Waals surface area (Å²) >= 11 is 1.47. The molecule has 0 radical (unpaired) electrons. The van der Waals surface area contributed by atoms with Gasteiger partial charge in [-0.2, -0.15) is 11.8 Å². The largest absolute Gasteiger partial charge is 0.480 e. The van der Waals surface area contributed by atoms with Gasteiger partial charge in [0, 0.05) is 6.54 Å². The Balaban J connectivity index is 5.18. The molecule has 0 saturated heterocycles. The standard InChI is InChI=1S/C20H39N7O6S/c1-4-11(2)15(21)18(31)25-12(7-9-34-3)16(29)27-14(10-28)17(30)26-13(19(32)33)6-5-8-24-20(22)23/h11-15,28H,4-10,21H2,1-3H3,(H,25,31)(H,26,30)(H,27,29)(H,32,33)(H4,22,23,24). The third-order valence-electron chi connectivity index (χ3n) is 5.18. The number of thioether (sulfide) groups is 1. The zero-order chi connectivity index (χ0) is 26.3. The molecule has 34 heavy (non-hydrogen) atoms. The number of nitrogens with zero attached hydrogens (tertiary/aromatic N) is 1. The molecule has 14 heteroatoms. The van der Waals surface area contributed by atoms with Gasteiger partial charge in [-0.25, -0.2) is 4.79 Å². The second-order valence-electron chi connectivity index (χ2n) is 7.85. The summed E-state index contributed by atoms with van der Waals surface area (Å²) in [6.45, 7) is 3.13. The van der Waals surface area contributed by atoms with Crippen LogP contribution in [0.1, 0.15) is 39.5 Å². The lowest BCUT2D eigenvalue weighted by Crippen LogP contribution is -2.58. The molecule has 0 aliphatic rings. The van der Waals surface area contributed by atoms with Gasteiger partial charge in [0.1, 0.15) is 18.1 Å². The number of carbonyl (C=O) groups is 4. The van der Waals surface area contributed by atoms with Crippen LogP contribution in [0.5, 0.6) is 0 Å². The van der Waals surface area contributed by atoms with Crippen molar-refractivity contribution in [3.63, 3.8) is 0 Å². The maximum absolute atomic E-state index is 12.8. The number of aliphatic imine (C=N–C) groups is 1. The Morgan fingerprint density at radius 2 is 1.53 bits per heavy atom. The second kappa shape index (κ2) is 16.9. The highest BCUT2D eigenvalue weighted by molar-refractivity contribution is 7.98. The average molecular weight is 506 g/mol. The molecule has 13 nitrogen and oxygen atoms in total. The summed E-state index contributed by atoms with van der Waals surface area (Å²) in [5, 5.41) is 26.3. The quantitative estimate of drug-likeness (QED) is 0.0597. The Kier molecular flexibility index (Phi) is 15.7. The van der Waals surface area contributed by atoms with Gasteiger partial charge in [0.25, 0.3) is 0 Å². The van der Waals surface area contributed by atoms with E-state index in [-0.39, 0.29) is 37.7 Å². The van der Waals surface area contributed by atoms with Crippen molar-refractivity contribution in [2.24, 2.45) is 28.1 Å². The zero-order valence-corrected chi connectivity index (χ0v) is 20.8. The van der Waals surface area contributed by atoms with Crippen LogP contribution in [-0.4, -0.2) is 89.2 Å². The molecule has 11 N–H and O–H groups in total. The molecule has 0 fully saturated rings. The summed E-state index contributed by atoms with van der Waals surface area (Å²) in [7, 11) is 0. The molecule has 5 atom stereocenters. The minimum absolute atomic E-state index is 0.0316. The lowest BCUT2D eigenvalue weighted by Gasteiger charge is -2.25. The number of aliphatic hydroxyl groups is 1. The molecule has 5 unspecified atom stereocenters. The molecular formula is C20H39N7O6S. The van der Waals surface area contributed by atoms with E-state index in [1.807, 2.05) is 20.1 Å². The van der Waals surface area contributed by atoms with Gasteiger partial charge < -0.3 is 43.4 Å². The van der Waals surface area contributed by atoms with Crippen LogP contribution in [-0.2, 0) is 19.2 Å². The molecule has 0 bridgehead atoms. The number of aliphatic hydroxyl groups excluding tert-OH is 1. The predicted molar refractivity (Wildman–Crippen MR) is 131 cm³/mol. The molecule has 0 aromatic carbocycles. The van der Waals surface area contributed by atoms with E-state index in [2.05, 4.69) is 20.9 Å². The third-order valence-corrected chi connectivity index (χ3v) is 5.82. The van der Waals surface area contributed by atoms with Gasteiger partial charge in [-0.05, 0) is 37.2 Å². The van der Waals surface area contributed by atoms with E-state index in [0.717, 1.165) is 0 Å². The van der Waals surface area contributed by atoms with Gasteiger partial charge in [0.15, 0.2) is 5.96 Å². The molecule has 0 aliphatic carbocycles. The molecule has 196 valence electrons. The molecule has 0 rings (SSSR count). The van der Waals surface area contributed by atoms with Crippen molar-refractivity contribution >= 4 is 41.4 Å². The van der Waals surface area contributed by atoms with Crippen molar-refractivity contribution in [1.29, 1.82) is 0 Å². The van der Waals surface area contributed by atoms with Crippen LogP contribution >= 0.6 is 11.8 Å². The Morgan fingerprint density at radius 1 is 0.971 bits per heavy atom. The van der Waals surface area contributed by atoms with Crippen LogP contribution in [0.3, 0.4) is 0 Å². The average Bonchev–Trinajstić information content (AvgIpc) is 2.79. The number of carboxylic acids is 1. The first-order valence-corrected chi connectivity index (χ1v) is 12.4. The van der Waals surface area contributed by atoms with Gasteiger partial charge in [0.2, 0.25) is 17.7 Å². The first kappa shape index (κ1) is 31.4. The summed E-state index contributed by atoms with van der Waals surface area (Å²) in [5.74, 6) is -3.03. The summed E-state index contributed by atoms with van der Waals surface area (Å²) < 4.78 is 0. The van der Waals surface area contributed by atoms with E-state index in [1.54, 1.807) is 0 Å². The molecule has 3 amide bonds. The second-order valence-corrected chi connectivity index (χ2v) is 8.83. The molecule has 0 heterocycles. The number of guanidine groups is 1. The highest BCUT2D eigenvalue weighted by atomic mass is 32.2. The van der Waals surface area contributed by atoms with Gasteiger partial charge in [-0.1, -0.05) is 20.3 Å². The topological polar surface area (TPSA) is 235 Å². The number of amides is 3. The van der Waals surface area contributed by atoms with Gasteiger partial charge >= 0.3 is 5.97 Å². The molecule has 0 aromatic heterocycles. The lowest BCUT2D eigenvalue weighted by molar-refractivity contribution is -0.142. The first-order valence-electron chi connectivity index (χ1n) is 11.0. The van der Waals surface area contributed by atoms with Crippen molar-refractivity contribution in [1.82, 2.24) is 16.0 Å². The molecule has 0 aliphatic heterocycles. The minimum Gasteiger partial charge on any atom is -0.480 e. The number of carboxylic acid groups (broad SMARTS) is 1. The Labute approximate surface area is 204 Å². The SMILES string of the molecule is CCC(C)C(N)C(=O)NC(CCSC)C(=O)NC(CO)C(=O)NC(CCCN=C(N)N)C(=O)O. The number of nitrogens with one attached hydrogen (secondary N) is 3. The number of aliphatic carboxylic acids is 1. The van der Waals surface area contributed by atoms with Crippen molar-refractivity contribution in [3.05, 3.63) is 0 Å². The predicted octanol–water partition coefficient (Wildman–Crippen LogP) is -2.30. The van der Waals surface area contributed by atoms with E-state index in [4.69, 9.17) is 17.2 Å². The number of carbonyl (C=O) groups excluding carboxylic acids is 3. The van der Waals surface area contributed by atoms with Crippen LogP contribution in [0.4, 0.5) is 0 Å². The van der Waals surface area contributed by atoms with Crippen molar-refractivity contribution in [2.45, 2.75) is 63.7 Å². The van der Waals surface area contributed by atoms with Gasteiger partial charge in [-0.15, -0.1) is 0 Å². The fourth-order valence-corrected chi connectivity index (χ4v) is 3.26. The van der Waals surface area contributed by atoms with Crippen LogP contribution < -0.4 is 33.2 Å². The van der Waals surface area contributed by atoms with Crippen LogP contribution in [0.25, 0.3) is 0 Å². The van der Waals surface area contributed by atoms with E-state index in [0.29, 0.717) is 12.2 Å². The maximum Gasteiger partial charge on any atom is 0.326 e. The van der Waals surface area contributed by atoms with Crippen molar-refractivity contribution < 1.29 is 29.4 Å². The maximum atomic E-state index is 12.8. The van der Waals surface area contributed by atoms with E-state index >= 15 is 0 Å². The van der Waals surface area contributed by atoms with Crippen molar-refractivity contribution in [3.8, 4) is 0 Å². The number of nitrogens with two attached hydrogens (primary N) is 3. The van der Waals surface area contributed by atoms with Gasteiger partial charge in [0.05, 0.1) is 12.6 Å². The fourth-order valence-electron chi connectivity index (χ4n) is 2.78. The van der Waals surface area contributed by atoms with E-state index < -0.39 is 54.5 Å². The minimum atomic E-state index is -1.41. The van der Waals surface area contributed by atoms with E-state index in [9.17, 15) is 29.4 Å². The number of rotatable bonds is 17. The Morgan fingerprint density at radius 3 is 2.03 bits per heavy atom. The highest BCUT2D eigenvalue weighted by Gasteiger charge is 2.30. The summed E-state index contributed by atoms with van der Waals surface area (Å²) in [6, 6.07) is -4.47. The third kappa shape index (κ3) is 12.0. The zero-order valence-electron chi connectivity index (χ0n) is 20.0. The van der Waals surface area contributed by atoms with Crippen LogP contribution in [0, 0.1) is 5.92 Å². The Bertz CT molecular complexity index is 705. The van der Waals surface area contributed by atoms with E-state index in [1.165, 1.54) is 11.8 Å². The highest BCUT2D eigenvalue weighted by Crippen LogP contribution is 2.08. The smallest absolute Gasteiger partial charge is 0.326 e. The van der Waals surface area contributed by atoms with Crippen molar-refractivity contribution in [2.75, 3.05) is 25.2 Å². The number of hydrogen-bond acceptors (Lipinski definition) is 8. The molecular weight excluding hydrogens is 466 g/mol. The number of hydrogen-bond donors (Lipinski definition) is 8. The van der Waals surface area contributed by atoms with Gasteiger partial charge in [-0.3, -0.25) is 19.4 Å². The summed E-state index contributed by atoms with van der Waals surface area (Å²) in [4.78, 5) is 53.0. The fraction of sp³-hybridized carbons (Fsp3) is 0.750. The monoisotopic (exact) mass is 505 g/mol. The molecule has 0 spiro atoms. The molecule has 0 saturated carbocycles. The first-order chi connectivity index (χ1) is 16.0. The lowest BCUT2D eigenvalue weighted by atomic mass is 9.99. The van der Waals surface area contributed by atoms with Crippen LogP contribution in [0.2, 0.25) is 0 Å². The summed E-state index contributed by atoms with van der Waals surface area (Å²) in [6.07, 6.45) is 3.10. The molecule has 0 aromatic rings. The van der Waals surface area contributed by atoms with Crippen LogP contribution in [0.15, 0.2) is 4.99 Å². The normalized spacial score (nSPS) is 15.2.